The molecule has 0 N–H and O–H groups in total. The van der Waals surface area contributed by atoms with Crippen molar-refractivity contribution in [1.82, 2.24) is 0 Å². The summed E-state index contributed by atoms with van der Waals surface area (Å²) < 4.78 is 17.5. The lowest BCUT2D eigenvalue weighted by Gasteiger charge is -2.18. The van der Waals surface area contributed by atoms with Gasteiger partial charge in [-0.2, -0.15) is 0 Å². The zero-order chi connectivity index (χ0) is 47.7. The van der Waals surface area contributed by atoms with Crippen molar-refractivity contribution in [3.8, 4) is 0 Å². The maximum Gasteiger partial charge on any atom is 0.306 e. The van der Waals surface area contributed by atoms with Gasteiger partial charge in [0.25, 0.3) is 0 Å². The van der Waals surface area contributed by atoms with Crippen LogP contribution in [-0.4, -0.2) is 37.9 Å². The number of hydrogen-bond donors (Lipinski definition) is 0. The van der Waals surface area contributed by atoms with Crippen LogP contribution >= 0.6 is 0 Å². The monoisotopic (exact) mass is 929 g/mol. The zero-order valence-corrected chi connectivity index (χ0v) is 45.0. The van der Waals surface area contributed by atoms with Crippen molar-refractivity contribution in [2.75, 3.05) is 19.8 Å². The molecule has 0 amide bonds. The lowest BCUT2D eigenvalue weighted by Crippen LogP contribution is -2.30. The molecule has 0 aliphatic heterocycles. The van der Waals surface area contributed by atoms with E-state index in [0.717, 1.165) is 44.9 Å². The van der Waals surface area contributed by atoms with Crippen LogP contribution in [0.2, 0.25) is 0 Å². The highest BCUT2D eigenvalue weighted by Gasteiger charge is 2.17. The second kappa shape index (κ2) is 57.7. The van der Waals surface area contributed by atoms with E-state index in [0.29, 0.717) is 19.4 Å². The molecule has 0 saturated heterocycles. The largest absolute Gasteiger partial charge is 0.462 e. The van der Waals surface area contributed by atoms with E-state index in [1.807, 2.05) is 0 Å². The van der Waals surface area contributed by atoms with Crippen LogP contribution < -0.4 is 0 Å². The summed E-state index contributed by atoms with van der Waals surface area (Å²) in [5.41, 5.74) is 0. The third kappa shape index (κ3) is 55.0. The van der Waals surface area contributed by atoms with Crippen LogP contribution in [0.3, 0.4) is 0 Å². The van der Waals surface area contributed by atoms with Gasteiger partial charge in [0.05, 0.1) is 6.61 Å². The summed E-state index contributed by atoms with van der Waals surface area (Å²) in [5, 5.41) is 0. The van der Waals surface area contributed by atoms with Crippen molar-refractivity contribution in [2.45, 2.75) is 335 Å². The average Bonchev–Trinajstić information content (AvgIpc) is 3.32. The van der Waals surface area contributed by atoms with Crippen molar-refractivity contribution < 1.29 is 23.8 Å². The molecular formula is C61H116O5. The van der Waals surface area contributed by atoms with Gasteiger partial charge in [-0.1, -0.05) is 289 Å². The van der Waals surface area contributed by atoms with Gasteiger partial charge in [-0.15, -0.1) is 0 Å². The van der Waals surface area contributed by atoms with Gasteiger partial charge in [-0.3, -0.25) is 9.59 Å². The number of hydrogen-bond acceptors (Lipinski definition) is 5. The first-order chi connectivity index (χ1) is 32.6. The van der Waals surface area contributed by atoms with E-state index in [1.54, 1.807) is 0 Å². The molecule has 0 aliphatic carbocycles. The Bertz CT molecular complexity index is 1010. The first kappa shape index (κ1) is 64.4. The maximum absolute atomic E-state index is 12.9. The van der Waals surface area contributed by atoms with E-state index >= 15 is 0 Å². The van der Waals surface area contributed by atoms with E-state index in [1.165, 1.54) is 250 Å². The third-order valence-electron chi connectivity index (χ3n) is 13.5. The quantitative estimate of drug-likeness (QED) is 0.0345. The van der Waals surface area contributed by atoms with Crippen LogP contribution in [0.1, 0.15) is 329 Å². The van der Waals surface area contributed by atoms with Gasteiger partial charge < -0.3 is 14.2 Å². The van der Waals surface area contributed by atoms with Crippen molar-refractivity contribution >= 4 is 11.9 Å². The molecule has 0 saturated carbocycles. The molecule has 390 valence electrons. The Kier molecular flexibility index (Phi) is 56.3. The van der Waals surface area contributed by atoms with E-state index < -0.39 is 6.10 Å². The van der Waals surface area contributed by atoms with Crippen molar-refractivity contribution in [3.63, 3.8) is 0 Å². The summed E-state index contributed by atoms with van der Waals surface area (Å²) in [6.07, 6.45) is 69.1. The van der Waals surface area contributed by atoms with Crippen LogP contribution in [0.5, 0.6) is 0 Å². The predicted octanol–water partition coefficient (Wildman–Crippen LogP) is 20.4. The van der Waals surface area contributed by atoms with E-state index in [-0.39, 0.29) is 25.2 Å². The highest BCUT2D eigenvalue weighted by atomic mass is 16.6. The molecular weight excluding hydrogens is 813 g/mol. The minimum absolute atomic E-state index is 0.0896. The first-order valence-electron chi connectivity index (χ1n) is 29.9. The van der Waals surface area contributed by atoms with Gasteiger partial charge in [0.2, 0.25) is 0 Å². The van der Waals surface area contributed by atoms with E-state index in [2.05, 4.69) is 45.1 Å². The Labute approximate surface area is 413 Å². The second-order valence-electron chi connectivity index (χ2n) is 20.3. The molecule has 5 heteroatoms. The van der Waals surface area contributed by atoms with Gasteiger partial charge in [0.1, 0.15) is 6.61 Å². The van der Waals surface area contributed by atoms with Crippen LogP contribution in [0, 0.1) is 0 Å². The fourth-order valence-electron chi connectivity index (χ4n) is 9.01. The number of allylic oxidation sites excluding steroid dienone is 4. The SMILES string of the molecule is CCCCC/C=C\C/C=C\CCCCCCCCOCC(COC(=O)CCCCCCCCCCCCCCCCCCC)OC(=O)CCCCCCCCCCCCCCCCCCC. The number of rotatable bonds is 56. The summed E-state index contributed by atoms with van der Waals surface area (Å²) in [5.74, 6) is -0.377. The molecule has 0 aliphatic rings. The topological polar surface area (TPSA) is 61.8 Å². The summed E-state index contributed by atoms with van der Waals surface area (Å²) in [6, 6.07) is 0. The molecule has 1 unspecified atom stereocenters. The number of unbranched alkanes of at least 4 members (excludes halogenated alkanes) is 41. The predicted molar refractivity (Wildman–Crippen MR) is 289 cm³/mol. The fraction of sp³-hybridized carbons (Fsp3) is 0.902. The van der Waals surface area contributed by atoms with Gasteiger partial charge in [-0.05, 0) is 51.4 Å². The Morgan fingerprint density at radius 3 is 1.03 bits per heavy atom. The summed E-state index contributed by atoms with van der Waals surface area (Å²) in [4.78, 5) is 25.5. The van der Waals surface area contributed by atoms with Crippen LogP contribution in [0.25, 0.3) is 0 Å². The lowest BCUT2D eigenvalue weighted by molar-refractivity contribution is -0.163. The molecule has 0 fully saturated rings. The second-order valence-corrected chi connectivity index (χ2v) is 20.3. The minimum Gasteiger partial charge on any atom is -0.462 e. The highest BCUT2D eigenvalue weighted by Crippen LogP contribution is 2.17. The molecule has 0 rings (SSSR count). The molecule has 0 bridgehead atoms. The average molecular weight is 930 g/mol. The Morgan fingerprint density at radius 2 is 0.636 bits per heavy atom. The smallest absolute Gasteiger partial charge is 0.306 e. The summed E-state index contributed by atoms with van der Waals surface area (Å²) in [6.45, 7) is 7.86. The molecule has 0 radical (unpaired) electrons. The maximum atomic E-state index is 12.9. The third-order valence-corrected chi connectivity index (χ3v) is 13.5. The van der Waals surface area contributed by atoms with Crippen molar-refractivity contribution in [2.24, 2.45) is 0 Å². The van der Waals surface area contributed by atoms with Gasteiger partial charge in [0.15, 0.2) is 6.10 Å². The van der Waals surface area contributed by atoms with E-state index in [4.69, 9.17) is 14.2 Å². The Hall–Kier alpha value is -1.62. The minimum atomic E-state index is -0.535. The molecule has 0 spiro atoms. The molecule has 0 aromatic rings. The van der Waals surface area contributed by atoms with Gasteiger partial charge >= 0.3 is 11.9 Å². The fourth-order valence-corrected chi connectivity index (χ4v) is 9.01. The van der Waals surface area contributed by atoms with Crippen molar-refractivity contribution in [1.29, 1.82) is 0 Å². The number of ether oxygens (including phenoxy) is 3. The normalized spacial score (nSPS) is 12.2. The van der Waals surface area contributed by atoms with Gasteiger partial charge in [0, 0.05) is 19.4 Å². The Balaban J connectivity index is 4.23. The lowest BCUT2D eigenvalue weighted by atomic mass is 10.0. The molecule has 66 heavy (non-hydrogen) atoms. The van der Waals surface area contributed by atoms with Crippen molar-refractivity contribution in [3.05, 3.63) is 24.3 Å². The molecule has 0 aromatic carbocycles. The number of carbonyl (C=O) groups excluding carboxylic acids is 2. The zero-order valence-electron chi connectivity index (χ0n) is 45.0. The molecule has 5 nitrogen and oxygen atoms in total. The summed E-state index contributed by atoms with van der Waals surface area (Å²) >= 11 is 0. The van der Waals surface area contributed by atoms with Gasteiger partial charge in [-0.25, -0.2) is 0 Å². The molecule has 0 heterocycles. The number of carbonyl (C=O) groups is 2. The molecule has 1 atom stereocenters. The van der Waals surface area contributed by atoms with Crippen LogP contribution in [0.15, 0.2) is 24.3 Å². The van der Waals surface area contributed by atoms with Crippen LogP contribution in [-0.2, 0) is 23.8 Å². The first-order valence-corrected chi connectivity index (χ1v) is 29.9. The summed E-state index contributed by atoms with van der Waals surface area (Å²) in [7, 11) is 0. The highest BCUT2D eigenvalue weighted by molar-refractivity contribution is 5.70. The van der Waals surface area contributed by atoms with E-state index in [9.17, 15) is 9.59 Å². The van der Waals surface area contributed by atoms with Crippen LogP contribution in [0.4, 0.5) is 0 Å². The Morgan fingerprint density at radius 1 is 0.333 bits per heavy atom. The molecule has 0 aromatic heterocycles. The number of esters is 2. The standard InChI is InChI=1S/C61H116O5/c1-4-7-10-13-16-19-22-25-28-31-33-36-39-42-45-48-51-54-60(62)65-58-59(57-64-56-53-50-47-44-41-38-35-30-27-24-21-18-15-12-9-6-3)66-61(63)55-52-49-46-43-40-37-34-32-29-26-23-20-17-14-11-8-5-2/h18,21,27,30,59H,4-17,19-20,22-26,28-29,31-58H2,1-3H3/b21-18-,30-27-.